The predicted molar refractivity (Wildman–Crippen MR) is 144 cm³/mol. The van der Waals surface area contributed by atoms with Gasteiger partial charge in [0.2, 0.25) is 0 Å². The minimum atomic E-state index is -0.708. The van der Waals surface area contributed by atoms with E-state index in [-0.39, 0.29) is 27.5 Å². The zero-order valence-corrected chi connectivity index (χ0v) is 23.1. The summed E-state index contributed by atoms with van der Waals surface area (Å²) in [5.41, 5.74) is 4.43. The Morgan fingerprint density at radius 3 is 2.21 bits per heavy atom. The first kappa shape index (κ1) is 28.0. The lowest BCUT2D eigenvalue weighted by atomic mass is 9.76. The molecule has 4 nitrogen and oxygen atoms in total. The van der Waals surface area contributed by atoms with Gasteiger partial charge in [-0.3, -0.25) is 4.79 Å². The zero-order valence-electron chi connectivity index (χ0n) is 22.4. The highest BCUT2D eigenvalue weighted by molar-refractivity contribution is 6.33. The SMILES string of the molecule is CCc1c(C)cc(NC(=O)C(CC)Oc2ccc(C(C)(C)CC)cc2C(C)(C)CC)c(O)c1Cl. The van der Waals surface area contributed by atoms with Crippen molar-refractivity contribution in [3.63, 3.8) is 0 Å². The van der Waals surface area contributed by atoms with Crippen molar-refractivity contribution in [2.45, 2.75) is 105 Å². The molecule has 1 unspecified atom stereocenters. The summed E-state index contributed by atoms with van der Waals surface area (Å²) in [6.07, 6.45) is 2.45. The lowest BCUT2D eigenvalue weighted by Crippen LogP contribution is -2.33. The maximum atomic E-state index is 13.2. The Morgan fingerprint density at radius 1 is 1.06 bits per heavy atom. The van der Waals surface area contributed by atoms with Gasteiger partial charge in [-0.25, -0.2) is 0 Å². The molecule has 2 rings (SSSR count). The van der Waals surface area contributed by atoms with E-state index < -0.39 is 6.10 Å². The number of rotatable bonds is 10. The second-order valence-corrected chi connectivity index (χ2v) is 10.8. The molecule has 0 saturated heterocycles. The molecule has 0 heterocycles. The Morgan fingerprint density at radius 2 is 1.68 bits per heavy atom. The van der Waals surface area contributed by atoms with Crippen molar-refractivity contribution >= 4 is 23.2 Å². The lowest BCUT2D eigenvalue weighted by Gasteiger charge is -2.31. The average molecular weight is 488 g/mol. The van der Waals surface area contributed by atoms with Crippen LogP contribution in [0.2, 0.25) is 5.02 Å². The van der Waals surface area contributed by atoms with Gasteiger partial charge in [-0.1, -0.05) is 79.1 Å². The minimum Gasteiger partial charge on any atom is -0.504 e. The number of carbonyl (C=O) groups excluding carboxylic acids is 1. The summed E-state index contributed by atoms with van der Waals surface area (Å²) in [7, 11) is 0. The molecular formula is C29H42ClNO3. The molecule has 0 fully saturated rings. The van der Waals surface area contributed by atoms with Crippen molar-refractivity contribution in [1.29, 1.82) is 0 Å². The Labute approximate surface area is 211 Å². The summed E-state index contributed by atoms with van der Waals surface area (Å²) >= 11 is 6.35. The van der Waals surface area contributed by atoms with E-state index in [1.807, 2.05) is 26.8 Å². The van der Waals surface area contributed by atoms with Gasteiger partial charge in [0.1, 0.15) is 5.75 Å². The molecule has 0 spiro atoms. The maximum Gasteiger partial charge on any atom is 0.265 e. The fourth-order valence-electron chi connectivity index (χ4n) is 4.00. The van der Waals surface area contributed by atoms with Crippen LogP contribution in [-0.4, -0.2) is 17.1 Å². The van der Waals surface area contributed by atoms with Crippen LogP contribution >= 0.6 is 11.6 Å². The topological polar surface area (TPSA) is 58.6 Å². The van der Waals surface area contributed by atoms with Crippen LogP contribution in [0.5, 0.6) is 11.5 Å². The van der Waals surface area contributed by atoms with Crippen LogP contribution in [0.1, 0.15) is 96.9 Å². The molecule has 5 heteroatoms. The third kappa shape index (κ3) is 5.89. The number of phenols is 1. The number of halogens is 1. The van der Waals surface area contributed by atoms with Crippen LogP contribution in [0.3, 0.4) is 0 Å². The molecule has 1 atom stereocenters. The molecule has 1 amide bonds. The van der Waals surface area contributed by atoms with Gasteiger partial charge in [-0.2, -0.15) is 0 Å². The Balaban J connectivity index is 2.40. The first-order valence-electron chi connectivity index (χ1n) is 12.5. The summed E-state index contributed by atoms with van der Waals surface area (Å²) in [5.74, 6) is 0.311. The highest BCUT2D eigenvalue weighted by Crippen LogP contribution is 2.40. The molecule has 0 bridgehead atoms. The molecule has 2 aromatic carbocycles. The van der Waals surface area contributed by atoms with Gasteiger partial charge < -0.3 is 15.2 Å². The molecule has 34 heavy (non-hydrogen) atoms. The Hall–Kier alpha value is -2.20. The third-order valence-electron chi connectivity index (χ3n) is 7.37. The zero-order chi connectivity index (χ0) is 25.8. The fourth-order valence-corrected chi connectivity index (χ4v) is 4.39. The highest BCUT2D eigenvalue weighted by Gasteiger charge is 2.29. The second-order valence-electron chi connectivity index (χ2n) is 10.4. The summed E-state index contributed by atoms with van der Waals surface area (Å²) in [5, 5.41) is 13.7. The summed E-state index contributed by atoms with van der Waals surface area (Å²) in [4.78, 5) is 13.2. The molecule has 0 saturated carbocycles. The molecule has 2 aromatic rings. The van der Waals surface area contributed by atoms with E-state index in [4.69, 9.17) is 16.3 Å². The van der Waals surface area contributed by atoms with Crippen LogP contribution in [0, 0.1) is 6.92 Å². The van der Waals surface area contributed by atoms with Gasteiger partial charge in [-0.15, -0.1) is 0 Å². The van der Waals surface area contributed by atoms with E-state index in [0.717, 1.165) is 35.3 Å². The number of phenolic OH excluding ortho intramolecular Hbond substituents is 1. The standard InChI is InChI=1S/C29H42ClNO3/c1-10-20-18(5)16-22(26(32)25(20)30)31-27(33)23(11-2)34-24-15-14-19(28(6,7)12-3)17-21(24)29(8,9)13-4/h14-17,23,32H,10-13H2,1-9H3,(H,31,33). The number of ether oxygens (including phenoxy) is 1. The van der Waals surface area contributed by atoms with E-state index in [2.05, 4.69) is 59.0 Å². The monoisotopic (exact) mass is 487 g/mol. The molecular weight excluding hydrogens is 446 g/mol. The number of carbonyl (C=O) groups is 1. The number of hydrogen-bond acceptors (Lipinski definition) is 3. The number of nitrogens with one attached hydrogen (secondary N) is 1. The molecule has 0 aliphatic heterocycles. The van der Waals surface area contributed by atoms with Gasteiger partial charge in [-0.05, 0) is 72.3 Å². The van der Waals surface area contributed by atoms with E-state index in [1.54, 1.807) is 6.07 Å². The van der Waals surface area contributed by atoms with E-state index >= 15 is 0 Å². The predicted octanol–water partition coefficient (Wildman–Crippen LogP) is 8.09. The first-order chi connectivity index (χ1) is 15.8. The maximum absolute atomic E-state index is 13.2. The first-order valence-corrected chi connectivity index (χ1v) is 12.8. The van der Waals surface area contributed by atoms with E-state index in [0.29, 0.717) is 18.5 Å². The average Bonchev–Trinajstić information content (AvgIpc) is 2.80. The van der Waals surface area contributed by atoms with Crippen molar-refractivity contribution in [3.8, 4) is 11.5 Å². The molecule has 188 valence electrons. The molecule has 0 radical (unpaired) electrons. The van der Waals surface area contributed by atoms with Gasteiger partial charge in [0.25, 0.3) is 5.91 Å². The fraction of sp³-hybridized carbons (Fsp3) is 0.552. The van der Waals surface area contributed by atoms with Crippen LogP contribution < -0.4 is 10.1 Å². The van der Waals surface area contributed by atoms with Gasteiger partial charge >= 0.3 is 0 Å². The van der Waals surface area contributed by atoms with Crippen LogP contribution in [0.4, 0.5) is 5.69 Å². The van der Waals surface area contributed by atoms with Gasteiger partial charge in [0.15, 0.2) is 11.9 Å². The second kappa shape index (κ2) is 11.0. The summed E-state index contributed by atoms with van der Waals surface area (Å²) < 4.78 is 6.34. The van der Waals surface area contributed by atoms with Crippen molar-refractivity contribution < 1.29 is 14.6 Å². The molecule has 0 aliphatic rings. The largest absolute Gasteiger partial charge is 0.504 e. The lowest BCUT2D eigenvalue weighted by molar-refractivity contribution is -0.122. The van der Waals surface area contributed by atoms with Crippen molar-refractivity contribution in [3.05, 3.63) is 51.5 Å². The van der Waals surface area contributed by atoms with Crippen molar-refractivity contribution in [2.75, 3.05) is 5.32 Å². The van der Waals surface area contributed by atoms with Gasteiger partial charge in [0, 0.05) is 5.56 Å². The number of hydrogen-bond donors (Lipinski definition) is 2. The van der Waals surface area contributed by atoms with Gasteiger partial charge in [0.05, 0.1) is 10.7 Å². The van der Waals surface area contributed by atoms with Crippen LogP contribution in [0.25, 0.3) is 0 Å². The van der Waals surface area contributed by atoms with Crippen molar-refractivity contribution in [2.24, 2.45) is 0 Å². The Bertz CT molecular complexity index is 1030. The quantitative estimate of drug-likeness (QED) is 0.333. The number of amides is 1. The van der Waals surface area contributed by atoms with Crippen LogP contribution in [-0.2, 0) is 22.0 Å². The molecule has 0 aliphatic carbocycles. The number of benzene rings is 2. The number of aryl methyl sites for hydroxylation is 1. The van der Waals surface area contributed by atoms with E-state index in [1.165, 1.54) is 5.56 Å². The third-order valence-corrected chi connectivity index (χ3v) is 7.77. The smallest absolute Gasteiger partial charge is 0.265 e. The normalized spacial score (nSPS) is 13.0. The highest BCUT2D eigenvalue weighted by atomic mass is 35.5. The number of anilines is 1. The summed E-state index contributed by atoms with van der Waals surface area (Å²) in [6, 6.07) is 8.12. The summed E-state index contributed by atoms with van der Waals surface area (Å²) in [6.45, 7) is 19.1. The Kier molecular flexibility index (Phi) is 9.10. The minimum absolute atomic E-state index is 0.0535. The number of aromatic hydroxyl groups is 1. The molecule has 0 aromatic heterocycles. The molecule has 2 N–H and O–H groups in total. The van der Waals surface area contributed by atoms with E-state index in [9.17, 15) is 9.90 Å². The van der Waals surface area contributed by atoms with Crippen molar-refractivity contribution in [1.82, 2.24) is 0 Å². The van der Waals surface area contributed by atoms with Crippen LogP contribution in [0.15, 0.2) is 24.3 Å².